The number of non-ortho nitro benzene ring substituents is 1. The number of hydrogen-bond donors (Lipinski definition) is 0. The number of nitro benzene ring substituents is 1. The Kier molecular flexibility index (Phi) is 8.64. The molecule has 1 fully saturated rings. The SMILES string of the molecule is COc1oc([C@H]2C/C(=C/C(Br)=C\C(C)=C\C(C)=C\c3ccc([N+](=O)[O-])cc3)CO2)c(C)c(=O)c1C. The molecule has 1 aromatic heterocycles. The van der Waals surface area contributed by atoms with Gasteiger partial charge in [0.1, 0.15) is 11.9 Å². The Morgan fingerprint density at radius 2 is 1.83 bits per heavy atom. The van der Waals surface area contributed by atoms with Crippen LogP contribution in [0.3, 0.4) is 0 Å². The highest BCUT2D eigenvalue weighted by atomic mass is 79.9. The molecule has 1 aromatic carbocycles. The van der Waals surface area contributed by atoms with Crippen LogP contribution in [0.5, 0.6) is 5.95 Å². The second-order valence-corrected chi connectivity index (χ2v) is 9.41. The summed E-state index contributed by atoms with van der Waals surface area (Å²) in [6.45, 7) is 7.84. The zero-order chi connectivity index (χ0) is 25.7. The fourth-order valence-corrected chi connectivity index (χ4v) is 4.61. The molecule has 0 unspecified atom stereocenters. The van der Waals surface area contributed by atoms with Crippen LogP contribution in [0.15, 0.2) is 72.9 Å². The van der Waals surface area contributed by atoms with Gasteiger partial charge in [0, 0.05) is 28.6 Å². The molecule has 0 saturated carbocycles. The van der Waals surface area contributed by atoms with Gasteiger partial charge in [0.25, 0.3) is 11.6 Å². The minimum absolute atomic E-state index is 0.0726. The highest BCUT2D eigenvalue weighted by Gasteiger charge is 2.28. The van der Waals surface area contributed by atoms with Crippen LogP contribution in [0.25, 0.3) is 6.08 Å². The highest BCUT2D eigenvalue weighted by molar-refractivity contribution is 9.11. The topological polar surface area (TPSA) is 91.8 Å². The van der Waals surface area contributed by atoms with Gasteiger partial charge < -0.3 is 13.9 Å². The Balaban J connectivity index is 1.71. The average molecular weight is 542 g/mol. The Hall–Kier alpha value is -3.23. The van der Waals surface area contributed by atoms with E-state index in [4.69, 9.17) is 13.9 Å². The van der Waals surface area contributed by atoms with E-state index < -0.39 is 4.92 Å². The lowest BCUT2D eigenvalue weighted by atomic mass is 10.0. The van der Waals surface area contributed by atoms with Gasteiger partial charge in [-0.1, -0.05) is 33.7 Å². The molecule has 0 spiro atoms. The van der Waals surface area contributed by atoms with Crippen molar-refractivity contribution in [2.75, 3.05) is 13.7 Å². The third-order valence-electron chi connectivity index (χ3n) is 5.62. The molecule has 1 saturated heterocycles. The van der Waals surface area contributed by atoms with E-state index in [1.807, 2.05) is 38.2 Å². The maximum absolute atomic E-state index is 12.5. The van der Waals surface area contributed by atoms with Crippen molar-refractivity contribution in [2.45, 2.75) is 40.2 Å². The number of ether oxygens (including phenoxy) is 2. The van der Waals surface area contributed by atoms with Gasteiger partial charge in [0.05, 0.1) is 24.2 Å². The van der Waals surface area contributed by atoms with Gasteiger partial charge in [-0.05, 0) is 68.7 Å². The van der Waals surface area contributed by atoms with Gasteiger partial charge >= 0.3 is 0 Å². The Bertz CT molecular complexity index is 1300. The van der Waals surface area contributed by atoms with E-state index in [1.54, 1.807) is 26.0 Å². The van der Waals surface area contributed by atoms with Crippen LogP contribution < -0.4 is 10.2 Å². The first-order valence-corrected chi connectivity index (χ1v) is 11.9. The minimum Gasteiger partial charge on any atom is -0.468 e. The van der Waals surface area contributed by atoms with Crippen LogP contribution in [0.2, 0.25) is 0 Å². The first-order valence-electron chi connectivity index (χ1n) is 11.1. The number of nitrogens with zero attached hydrogens (tertiary/aromatic N) is 1. The third-order valence-corrected chi connectivity index (χ3v) is 6.07. The van der Waals surface area contributed by atoms with Crippen molar-refractivity contribution in [1.82, 2.24) is 0 Å². The molecule has 3 rings (SSSR count). The van der Waals surface area contributed by atoms with Crippen molar-refractivity contribution in [2.24, 2.45) is 0 Å². The van der Waals surface area contributed by atoms with Gasteiger partial charge in [-0.2, -0.15) is 0 Å². The number of hydrogen-bond acceptors (Lipinski definition) is 6. The fourth-order valence-electron chi connectivity index (χ4n) is 3.93. The molecule has 0 radical (unpaired) electrons. The van der Waals surface area contributed by atoms with Gasteiger partial charge in [0.2, 0.25) is 0 Å². The number of benzene rings is 1. The average Bonchev–Trinajstić information content (AvgIpc) is 3.25. The van der Waals surface area contributed by atoms with E-state index in [-0.39, 0.29) is 23.2 Å². The fraction of sp³-hybridized carbons (Fsp3) is 0.296. The summed E-state index contributed by atoms with van der Waals surface area (Å²) in [6.07, 6.45) is 8.30. The summed E-state index contributed by atoms with van der Waals surface area (Å²) in [7, 11) is 1.48. The van der Waals surface area contributed by atoms with E-state index in [0.29, 0.717) is 29.9 Å². The van der Waals surface area contributed by atoms with Gasteiger partial charge in [-0.25, -0.2) is 0 Å². The summed E-state index contributed by atoms with van der Waals surface area (Å²) < 4.78 is 17.9. The quantitative estimate of drug-likeness (QED) is 0.215. The van der Waals surface area contributed by atoms with Crippen molar-refractivity contribution >= 4 is 27.7 Å². The third kappa shape index (κ3) is 6.68. The second-order valence-electron chi connectivity index (χ2n) is 8.50. The number of nitro groups is 1. The second kappa shape index (κ2) is 11.5. The van der Waals surface area contributed by atoms with Crippen LogP contribution >= 0.6 is 15.9 Å². The molecular weight excluding hydrogens is 514 g/mol. The maximum atomic E-state index is 12.5. The molecule has 8 heteroatoms. The van der Waals surface area contributed by atoms with Crippen molar-refractivity contribution in [3.8, 4) is 5.95 Å². The zero-order valence-electron chi connectivity index (χ0n) is 20.4. The van der Waals surface area contributed by atoms with Crippen LogP contribution in [0.1, 0.15) is 48.8 Å². The normalized spacial score (nSPS) is 18.3. The first kappa shape index (κ1) is 26.4. The molecule has 1 aliphatic heterocycles. The van der Waals surface area contributed by atoms with E-state index in [1.165, 1.54) is 19.2 Å². The molecule has 1 aliphatic rings. The van der Waals surface area contributed by atoms with Crippen LogP contribution in [-0.4, -0.2) is 18.6 Å². The molecule has 184 valence electrons. The summed E-state index contributed by atoms with van der Waals surface area (Å²) in [5.41, 5.74) is 4.99. The summed E-state index contributed by atoms with van der Waals surface area (Å²) in [5.74, 6) is 0.722. The summed E-state index contributed by atoms with van der Waals surface area (Å²) in [6, 6.07) is 6.44. The van der Waals surface area contributed by atoms with Crippen molar-refractivity contribution < 1.29 is 18.8 Å². The zero-order valence-corrected chi connectivity index (χ0v) is 22.0. The van der Waals surface area contributed by atoms with Crippen molar-refractivity contribution in [3.63, 3.8) is 0 Å². The number of rotatable bonds is 7. The number of halogens is 1. The molecule has 35 heavy (non-hydrogen) atoms. The Morgan fingerprint density at radius 3 is 2.46 bits per heavy atom. The van der Waals surface area contributed by atoms with Crippen molar-refractivity contribution in [3.05, 3.63) is 106 Å². The predicted octanol–water partition coefficient (Wildman–Crippen LogP) is 6.89. The lowest BCUT2D eigenvalue weighted by molar-refractivity contribution is -0.384. The Labute approximate surface area is 212 Å². The van der Waals surface area contributed by atoms with Crippen LogP contribution in [-0.2, 0) is 4.74 Å². The molecule has 0 N–H and O–H groups in total. The van der Waals surface area contributed by atoms with Crippen LogP contribution in [0, 0.1) is 24.0 Å². The molecule has 0 amide bonds. The smallest absolute Gasteiger partial charge is 0.291 e. The van der Waals surface area contributed by atoms with E-state index in [2.05, 4.69) is 15.9 Å². The molecule has 1 atom stereocenters. The molecule has 0 bridgehead atoms. The van der Waals surface area contributed by atoms with E-state index >= 15 is 0 Å². The summed E-state index contributed by atoms with van der Waals surface area (Å²) in [5, 5.41) is 10.8. The minimum atomic E-state index is -0.409. The molecular formula is C27H28BrNO6. The lowest BCUT2D eigenvalue weighted by Crippen LogP contribution is -2.15. The largest absolute Gasteiger partial charge is 0.468 e. The monoisotopic (exact) mass is 541 g/mol. The molecule has 2 heterocycles. The van der Waals surface area contributed by atoms with Gasteiger partial charge in [-0.3, -0.25) is 14.9 Å². The van der Waals surface area contributed by atoms with Crippen molar-refractivity contribution in [1.29, 1.82) is 0 Å². The van der Waals surface area contributed by atoms with Gasteiger partial charge in [-0.15, -0.1) is 0 Å². The predicted molar refractivity (Wildman–Crippen MR) is 140 cm³/mol. The Morgan fingerprint density at radius 1 is 1.14 bits per heavy atom. The standard InChI is InChI=1S/C27H28BrNO6/c1-16(11-20-6-8-23(9-7-20)29(31)32)10-17(2)12-22(28)13-21-14-24(34-15-21)26-18(3)25(30)19(4)27(33-5)35-26/h6-13,24H,14-15H2,1-5H3/b16-11+,17-10+,21-13-,22-12+/t24-/m1/s1. The van der Waals surface area contributed by atoms with Crippen LogP contribution in [0.4, 0.5) is 5.69 Å². The van der Waals surface area contributed by atoms with E-state index in [0.717, 1.165) is 26.8 Å². The molecule has 7 nitrogen and oxygen atoms in total. The number of allylic oxidation sites excluding steroid dienone is 6. The maximum Gasteiger partial charge on any atom is 0.291 e. The first-order chi connectivity index (χ1) is 16.6. The summed E-state index contributed by atoms with van der Waals surface area (Å²) in [4.78, 5) is 22.9. The van der Waals surface area contributed by atoms with Gasteiger partial charge in [0.15, 0.2) is 5.43 Å². The van der Waals surface area contributed by atoms with E-state index in [9.17, 15) is 14.9 Å². The highest BCUT2D eigenvalue weighted by Crippen LogP contribution is 2.36. The molecule has 0 aliphatic carbocycles. The summed E-state index contributed by atoms with van der Waals surface area (Å²) >= 11 is 3.61. The number of methoxy groups -OCH3 is 1. The lowest BCUT2D eigenvalue weighted by Gasteiger charge is -2.13. The molecule has 2 aromatic rings.